The van der Waals surface area contributed by atoms with Gasteiger partial charge in [0.15, 0.2) is 0 Å². The van der Waals surface area contributed by atoms with E-state index in [2.05, 4.69) is 20.8 Å². The van der Waals surface area contributed by atoms with E-state index in [0.717, 1.165) is 32.1 Å². The van der Waals surface area contributed by atoms with E-state index >= 15 is 0 Å². The van der Waals surface area contributed by atoms with Gasteiger partial charge in [-0.2, -0.15) is 0 Å². The molecule has 3 unspecified atom stereocenters. The maximum Gasteiger partial charge on any atom is 0.272 e. The third kappa shape index (κ3) is 5.29. The molecule has 3 aliphatic rings. The van der Waals surface area contributed by atoms with Crippen LogP contribution in [0, 0.1) is 17.8 Å². The van der Waals surface area contributed by atoms with E-state index in [1.165, 1.54) is 57.8 Å². The van der Waals surface area contributed by atoms with Crippen molar-refractivity contribution in [1.82, 2.24) is 0 Å². The first-order chi connectivity index (χ1) is 12.2. The second-order valence-corrected chi connectivity index (χ2v) is 14.7. The van der Waals surface area contributed by atoms with Gasteiger partial charge in [0.2, 0.25) is 0 Å². The number of hydrogen-bond donors (Lipinski definition) is 0. The quantitative estimate of drug-likeness (QED) is 0.417. The lowest BCUT2D eigenvalue weighted by Crippen LogP contribution is -2.39. The molecule has 0 bridgehead atoms. The third-order valence-electron chi connectivity index (χ3n) is 9.00. The lowest BCUT2D eigenvalue weighted by molar-refractivity contribution is 0.306. The van der Waals surface area contributed by atoms with Gasteiger partial charge < -0.3 is 0 Å². The van der Waals surface area contributed by atoms with Crippen LogP contribution in [0.15, 0.2) is 0 Å². The van der Waals surface area contributed by atoms with Crippen LogP contribution < -0.4 is 0 Å². The zero-order valence-corrected chi connectivity index (χ0v) is 18.8. The molecule has 0 aromatic rings. The molecule has 3 fully saturated rings. The van der Waals surface area contributed by atoms with Gasteiger partial charge in [-0.1, -0.05) is 149 Å². The Balaban J connectivity index is 1.73. The van der Waals surface area contributed by atoms with E-state index in [1.807, 2.05) is 0 Å². The summed E-state index contributed by atoms with van der Waals surface area (Å²) in [7, 11) is 0. The Hall–Kier alpha value is 0.532. The van der Waals surface area contributed by atoms with Gasteiger partial charge in [0.1, 0.15) is 0 Å². The highest BCUT2D eigenvalue weighted by molar-refractivity contribution is 6.63. The van der Waals surface area contributed by atoms with Crippen molar-refractivity contribution in [2.75, 3.05) is 0 Å². The molecule has 3 atom stereocenters. The molecule has 0 aromatic carbocycles. The van der Waals surface area contributed by atoms with Crippen LogP contribution in [0.5, 0.6) is 0 Å². The van der Waals surface area contributed by atoms with Crippen molar-refractivity contribution in [2.45, 2.75) is 131 Å². The summed E-state index contributed by atoms with van der Waals surface area (Å²) in [4.78, 5) is 0. The summed E-state index contributed by atoms with van der Waals surface area (Å²) in [6.07, 6.45) is 23.2. The fraction of sp³-hybridized carbons (Fsp3) is 1.00. The summed E-state index contributed by atoms with van der Waals surface area (Å²) < 4.78 is 3.32. The fourth-order valence-electron chi connectivity index (χ4n) is 7.36. The minimum atomic E-state index is -0.736. The minimum Gasteiger partial charge on any atom is -0.0817 e. The molecule has 0 saturated heterocycles. The lowest BCUT2D eigenvalue weighted by Gasteiger charge is -2.43. The molecule has 144 valence electrons. The Bertz CT molecular complexity index is 303. The van der Waals surface area contributed by atoms with Gasteiger partial charge in [-0.15, -0.1) is 0 Å². The molecule has 0 aliphatic heterocycles. The predicted octanol–water partition coefficient (Wildman–Crippen LogP) is 8.39. The fourth-order valence-corrected chi connectivity index (χ4v) is 13.3. The smallest absolute Gasteiger partial charge is 0.0817 e. The SMILES string of the molecule is C[CH](C1CCCCC1)[Al]([CH](C)C1CCCCC1)[CH](C)C1CCCCC1. The Morgan fingerprint density at radius 2 is 0.680 bits per heavy atom. The van der Waals surface area contributed by atoms with Crippen molar-refractivity contribution in [3.8, 4) is 0 Å². The highest BCUT2D eigenvalue weighted by atomic mass is 27.2. The third-order valence-corrected chi connectivity index (χ3v) is 14.3. The van der Waals surface area contributed by atoms with Crippen LogP contribution in [0.1, 0.15) is 117 Å². The van der Waals surface area contributed by atoms with E-state index < -0.39 is 14.1 Å². The standard InChI is InChI=1S/3C8H15.Al/c3*1-2-8-6-4-3-5-7-8;/h3*2,8H,3-7H2,1H3;. The molecule has 0 nitrogen and oxygen atoms in total. The molecule has 3 rings (SSSR count). The Morgan fingerprint density at radius 1 is 0.440 bits per heavy atom. The van der Waals surface area contributed by atoms with Gasteiger partial charge in [-0.25, -0.2) is 0 Å². The molecule has 0 heterocycles. The molecule has 0 aromatic heterocycles. The van der Waals surface area contributed by atoms with Crippen LogP contribution >= 0.6 is 0 Å². The molecular weight excluding hydrogens is 315 g/mol. The summed E-state index contributed by atoms with van der Waals surface area (Å²) >= 11 is -0.736. The molecule has 0 amide bonds. The molecular formula is C24H45Al. The van der Waals surface area contributed by atoms with Gasteiger partial charge >= 0.3 is 0 Å². The van der Waals surface area contributed by atoms with Crippen molar-refractivity contribution in [2.24, 2.45) is 17.8 Å². The summed E-state index contributed by atoms with van der Waals surface area (Å²) in [6, 6.07) is 0. The average Bonchev–Trinajstić information content (AvgIpc) is 2.70. The summed E-state index contributed by atoms with van der Waals surface area (Å²) in [5, 5.41) is 0. The molecule has 3 saturated carbocycles. The second-order valence-electron chi connectivity index (χ2n) is 10.3. The maximum absolute atomic E-state index is 2.74. The van der Waals surface area contributed by atoms with Gasteiger partial charge in [0.25, 0.3) is 14.1 Å². The van der Waals surface area contributed by atoms with E-state index in [4.69, 9.17) is 0 Å². The Kier molecular flexibility index (Phi) is 8.25. The molecule has 25 heavy (non-hydrogen) atoms. The van der Waals surface area contributed by atoms with E-state index in [0.29, 0.717) is 0 Å². The Labute approximate surface area is 163 Å². The van der Waals surface area contributed by atoms with Crippen LogP contribution in [0.25, 0.3) is 0 Å². The largest absolute Gasteiger partial charge is 0.272 e. The Morgan fingerprint density at radius 3 is 0.920 bits per heavy atom. The number of hydrogen-bond acceptors (Lipinski definition) is 0. The molecule has 1 heteroatoms. The van der Waals surface area contributed by atoms with Crippen LogP contribution in [0.3, 0.4) is 0 Å². The first-order valence-corrected chi connectivity index (χ1v) is 14.2. The summed E-state index contributed by atoms with van der Waals surface area (Å²) in [5.41, 5.74) is 0. The molecule has 3 aliphatic carbocycles. The molecule has 0 N–H and O–H groups in total. The van der Waals surface area contributed by atoms with Gasteiger partial charge in [0, 0.05) is 0 Å². The highest BCUT2D eigenvalue weighted by Crippen LogP contribution is 2.50. The minimum absolute atomic E-state index is 0.736. The van der Waals surface area contributed by atoms with Gasteiger partial charge in [-0.05, 0) is 0 Å². The second kappa shape index (κ2) is 10.2. The topological polar surface area (TPSA) is 0 Å². The molecule has 0 spiro atoms. The van der Waals surface area contributed by atoms with Gasteiger partial charge in [0.05, 0.1) is 0 Å². The van der Waals surface area contributed by atoms with Crippen LogP contribution in [0.2, 0.25) is 14.3 Å². The van der Waals surface area contributed by atoms with Gasteiger partial charge in [-0.3, -0.25) is 0 Å². The van der Waals surface area contributed by atoms with Crippen molar-refractivity contribution >= 4 is 14.1 Å². The van der Waals surface area contributed by atoms with Crippen molar-refractivity contribution in [3.05, 3.63) is 0 Å². The lowest BCUT2D eigenvalue weighted by atomic mass is 9.86. The molecule has 0 radical (unpaired) electrons. The zero-order valence-electron chi connectivity index (χ0n) is 17.6. The van der Waals surface area contributed by atoms with E-state index in [9.17, 15) is 0 Å². The van der Waals surface area contributed by atoms with E-state index in [-0.39, 0.29) is 0 Å². The van der Waals surface area contributed by atoms with Crippen LogP contribution in [0.4, 0.5) is 0 Å². The normalized spacial score (nSPS) is 28.4. The predicted molar refractivity (Wildman–Crippen MR) is 114 cm³/mol. The van der Waals surface area contributed by atoms with Crippen LogP contribution in [-0.4, -0.2) is 14.1 Å². The van der Waals surface area contributed by atoms with Crippen molar-refractivity contribution in [1.29, 1.82) is 0 Å². The first-order valence-electron chi connectivity index (χ1n) is 12.2. The summed E-state index contributed by atoms with van der Waals surface area (Å²) in [5.74, 6) is 3.30. The van der Waals surface area contributed by atoms with Crippen molar-refractivity contribution < 1.29 is 0 Å². The van der Waals surface area contributed by atoms with E-state index in [1.54, 1.807) is 38.5 Å². The monoisotopic (exact) mass is 360 g/mol. The summed E-state index contributed by atoms with van der Waals surface area (Å²) in [6.45, 7) is 8.22. The number of rotatable bonds is 6. The van der Waals surface area contributed by atoms with Crippen LogP contribution in [-0.2, 0) is 0 Å². The zero-order chi connectivity index (χ0) is 17.6. The first kappa shape index (κ1) is 20.3. The van der Waals surface area contributed by atoms with Crippen molar-refractivity contribution in [3.63, 3.8) is 0 Å². The highest BCUT2D eigenvalue weighted by Gasteiger charge is 2.44. The average molecular weight is 361 g/mol. The maximum atomic E-state index is 2.74.